The first kappa shape index (κ1) is 17.1. The van der Waals surface area contributed by atoms with Crippen LogP contribution in [0, 0.1) is 5.82 Å². The Bertz CT molecular complexity index is 819. The molecular weight excluding hydrogens is 339 g/mol. The van der Waals surface area contributed by atoms with E-state index in [-0.39, 0.29) is 12.4 Å². The molecule has 0 spiro atoms. The fraction of sp³-hybridized carbons (Fsp3) is 0.158. The van der Waals surface area contributed by atoms with Crippen LogP contribution in [0.3, 0.4) is 0 Å². The van der Waals surface area contributed by atoms with Gasteiger partial charge in [-0.3, -0.25) is 0 Å². The highest BCUT2D eigenvalue weighted by Crippen LogP contribution is 2.28. The molecule has 0 fully saturated rings. The number of halogens is 1. The second-order valence-electron chi connectivity index (χ2n) is 5.68. The van der Waals surface area contributed by atoms with Gasteiger partial charge in [-0.05, 0) is 42.4 Å². The van der Waals surface area contributed by atoms with Crippen LogP contribution >= 0.6 is 12.2 Å². The number of allylic oxidation sites excluding steroid dienone is 1. The van der Waals surface area contributed by atoms with Gasteiger partial charge in [-0.2, -0.15) is 0 Å². The fourth-order valence-electron chi connectivity index (χ4n) is 2.67. The van der Waals surface area contributed by atoms with E-state index in [4.69, 9.17) is 17.0 Å². The van der Waals surface area contributed by atoms with Crippen LogP contribution in [-0.2, 0) is 16.1 Å². The third-order valence-electron chi connectivity index (χ3n) is 3.91. The summed E-state index contributed by atoms with van der Waals surface area (Å²) in [5.74, 6) is -0.785. The molecule has 0 aromatic heterocycles. The lowest BCUT2D eigenvalue weighted by Gasteiger charge is -2.29. The summed E-state index contributed by atoms with van der Waals surface area (Å²) in [5.41, 5.74) is 2.68. The predicted octanol–water partition coefficient (Wildman–Crippen LogP) is 3.36. The number of thiocarbonyl (C=S) groups is 1. The van der Waals surface area contributed by atoms with Crippen molar-refractivity contribution in [3.8, 4) is 0 Å². The molecule has 1 heterocycles. The predicted molar refractivity (Wildman–Crippen MR) is 96.9 cm³/mol. The van der Waals surface area contributed by atoms with Gasteiger partial charge in [-0.25, -0.2) is 9.18 Å². The topological polar surface area (TPSA) is 50.4 Å². The van der Waals surface area contributed by atoms with Crippen LogP contribution in [0.1, 0.15) is 24.1 Å². The van der Waals surface area contributed by atoms with Crippen molar-refractivity contribution in [2.75, 3.05) is 0 Å². The van der Waals surface area contributed by atoms with Crippen molar-refractivity contribution < 1.29 is 13.9 Å². The molecule has 0 amide bonds. The molecule has 2 aromatic carbocycles. The Balaban J connectivity index is 1.84. The van der Waals surface area contributed by atoms with Gasteiger partial charge >= 0.3 is 5.97 Å². The summed E-state index contributed by atoms with van der Waals surface area (Å²) in [6.07, 6.45) is 0. The largest absolute Gasteiger partial charge is 0.457 e. The normalized spacial score (nSPS) is 16.9. The molecule has 0 radical (unpaired) electrons. The van der Waals surface area contributed by atoms with Gasteiger partial charge in [0.2, 0.25) is 0 Å². The van der Waals surface area contributed by atoms with Crippen LogP contribution in [0.2, 0.25) is 0 Å². The van der Waals surface area contributed by atoms with E-state index in [1.807, 2.05) is 30.3 Å². The van der Waals surface area contributed by atoms with Gasteiger partial charge in [-0.1, -0.05) is 42.5 Å². The smallest absolute Gasteiger partial charge is 0.338 e. The Morgan fingerprint density at radius 1 is 1.16 bits per heavy atom. The van der Waals surface area contributed by atoms with E-state index in [1.165, 1.54) is 12.1 Å². The average Bonchev–Trinajstić information content (AvgIpc) is 2.60. The van der Waals surface area contributed by atoms with Gasteiger partial charge in [0, 0.05) is 5.70 Å². The number of carbonyl (C=O) groups excluding carboxylic acids is 1. The number of carbonyl (C=O) groups is 1. The van der Waals surface area contributed by atoms with E-state index in [1.54, 1.807) is 19.1 Å². The molecule has 0 saturated carbocycles. The number of esters is 1. The Morgan fingerprint density at radius 2 is 1.84 bits per heavy atom. The minimum Gasteiger partial charge on any atom is -0.457 e. The molecule has 0 aliphatic carbocycles. The molecular formula is C19H17FN2O2S. The van der Waals surface area contributed by atoms with Gasteiger partial charge in [0.25, 0.3) is 0 Å². The van der Waals surface area contributed by atoms with Crippen molar-refractivity contribution in [2.45, 2.75) is 19.6 Å². The lowest BCUT2D eigenvalue weighted by Crippen LogP contribution is -2.45. The van der Waals surface area contributed by atoms with E-state index >= 15 is 0 Å². The van der Waals surface area contributed by atoms with E-state index in [9.17, 15) is 9.18 Å². The van der Waals surface area contributed by atoms with E-state index in [2.05, 4.69) is 10.6 Å². The molecule has 3 rings (SSSR count). The van der Waals surface area contributed by atoms with Gasteiger partial charge in [-0.15, -0.1) is 0 Å². The van der Waals surface area contributed by atoms with Crippen LogP contribution in [-0.4, -0.2) is 11.1 Å². The van der Waals surface area contributed by atoms with Crippen molar-refractivity contribution in [2.24, 2.45) is 0 Å². The molecule has 1 aliphatic rings. The van der Waals surface area contributed by atoms with Crippen LogP contribution in [0.15, 0.2) is 65.9 Å². The van der Waals surface area contributed by atoms with Crippen LogP contribution in [0.25, 0.3) is 0 Å². The second kappa shape index (κ2) is 7.44. The third-order valence-corrected chi connectivity index (χ3v) is 4.13. The number of nitrogens with one attached hydrogen (secondary N) is 2. The molecule has 1 aliphatic heterocycles. The molecule has 0 saturated heterocycles. The lowest BCUT2D eigenvalue weighted by atomic mass is 9.96. The summed E-state index contributed by atoms with van der Waals surface area (Å²) in [6, 6.07) is 14.9. The maximum absolute atomic E-state index is 13.2. The molecule has 4 nitrogen and oxygen atoms in total. The standard InChI is InChI=1S/C19H17FN2O2S/c1-12-16(18(23)24-11-13-5-3-2-4-6-13)17(22-19(25)21-12)14-7-9-15(20)10-8-14/h2-10,17H,11H2,1H3,(H2,21,22,25). The summed E-state index contributed by atoms with van der Waals surface area (Å²) in [5, 5.41) is 6.40. The van der Waals surface area contributed by atoms with Gasteiger partial charge in [0.05, 0.1) is 11.6 Å². The monoisotopic (exact) mass is 356 g/mol. The number of benzene rings is 2. The zero-order valence-electron chi connectivity index (χ0n) is 13.6. The first-order valence-electron chi connectivity index (χ1n) is 7.79. The third kappa shape index (κ3) is 4.03. The first-order chi connectivity index (χ1) is 12.0. The zero-order chi connectivity index (χ0) is 17.8. The van der Waals surface area contributed by atoms with E-state index in [0.29, 0.717) is 16.4 Å². The number of rotatable bonds is 4. The number of hydrogen-bond acceptors (Lipinski definition) is 3. The maximum atomic E-state index is 13.2. The van der Waals surface area contributed by atoms with Crippen molar-refractivity contribution in [3.63, 3.8) is 0 Å². The summed E-state index contributed by atoms with van der Waals surface area (Å²) in [4.78, 5) is 12.7. The minimum absolute atomic E-state index is 0.178. The highest BCUT2D eigenvalue weighted by Gasteiger charge is 2.30. The van der Waals surface area contributed by atoms with Gasteiger partial charge < -0.3 is 15.4 Å². The first-order valence-corrected chi connectivity index (χ1v) is 8.20. The molecule has 128 valence electrons. The van der Waals surface area contributed by atoms with Crippen LogP contribution in [0.5, 0.6) is 0 Å². The second-order valence-corrected chi connectivity index (χ2v) is 6.09. The maximum Gasteiger partial charge on any atom is 0.338 e. The van der Waals surface area contributed by atoms with E-state index in [0.717, 1.165) is 11.1 Å². The molecule has 0 bridgehead atoms. The Morgan fingerprint density at radius 3 is 2.52 bits per heavy atom. The van der Waals surface area contributed by atoms with Crippen LogP contribution < -0.4 is 10.6 Å². The molecule has 25 heavy (non-hydrogen) atoms. The minimum atomic E-state index is -0.488. The van der Waals surface area contributed by atoms with Gasteiger partial charge in [0.1, 0.15) is 12.4 Å². The Labute approximate surface area is 150 Å². The van der Waals surface area contributed by atoms with Gasteiger partial charge in [0.15, 0.2) is 5.11 Å². The summed E-state index contributed by atoms with van der Waals surface area (Å²) in [7, 11) is 0. The number of hydrogen-bond donors (Lipinski definition) is 2. The van der Waals surface area contributed by atoms with Crippen molar-refractivity contribution in [1.82, 2.24) is 10.6 Å². The molecule has 1 atom stereocenters. The van der Waals surface area contributed by atoms with Crippen LogP contribution in [0.4, 0.5) is 4.39 Å². The highest BCUT2D eigenvalue weighted by atomic mass is 32.1. The Kier molecular flexibility index (Phi) is 5.09. The average molecular weight is 356 g/mol. The molecule has 6 heteroatoms. The molecule has 2 aromatic rings. The van der Waals surface area contributed by atoms with Crippen molar-refractivity contribution >= 4 is 23.3 Å². The zero-order valence-corrected chi connectivity index (χ0v) is 14.4. The Hall–Kier alpha value is -2.73. The summed E-state index contributed by atoms with van der Waals surface area (Å²) >= 11 is 5.18. The summed E-state index contributed by atoms with van der Waals surface area (Å²) in [6.45, 7) is 1.94. The fourth-order valence-corrected chi connectivity index (χ4v) is 2.94. The molecule has 2 N–H and O–H groups in total. The number of ether oxygens (including phenoxy) is 1. The molecule has 1 unspecified atom stereocenters. The quantitative estimate of drug-likeness (QED) is 0.650. The lowest BCUT2D eigenvalue weighted by molar-refractivity contribution is -0.140. The van der Waals surface area contributed by atoms with Crippen molar-refractivity contribution in [3.05, 3.63) is 82.8 Å². The highest BCUT2D eigenvalue weighted by molar-refractivity contribution is 7.80. The summed E-state index contributed by atoms with van der Waals surface area (Å²) < 4.78 is 18.7. The SMILES string of the molecule is CC1=C(C(=O)OCc2ccccc2)C(c2ccc(F)cc2)NC(=S)N1. The van der Waals surface area contributed by atoms with Crippen molar-refractivity contribution in [1.29, 1.82) is 0 Å². The van der Waals surface area contributed by atoms with E-state index < -0.39 is 12.0 Å².